The van der Waals surface area contributed by atoms with E-state index in [4.69, 9.17) is 0 Å². The molecule has 3 saturated heterocycles. The van der Waals surface area contributed by atoms with Crippen LogP contribution in [-0.2, 0) is 0 Å². The second kappa shape index (κ2) is 3.23. The Bertz CT molecular complexity index is 149. The summed E-state index contributed by atoms with van der Waals surface area (Å²) in [4.78, 5) is 8.02. The molecule has 13 heavy (non-hydrogen) atoms. The van der Waals surface area contributed by atoms with Crippen LogP contribution in [0.5, 0.6) is 0 Å². The van der Waals surface area contributed by atoms with Crippen molar-refractivity contribution in [2.24, 2.45) is 0 Å². The lowest BCUT2D eigenvalue weighted by molar-refractivity contribution is -0.140. The minimum Gasteiger partial charge on any atom is -0.275 e. The topological polar surface area (TPSA) is 9.72 Å². The third-order valence-electron chi connectivity index (χ3n) is 3.65. The van der Waals surface area contributed by atoms with E-state index in [1.807, 2.05) is 0 Å². The van der Waals surface area contributed by atoms with Crippen molar-refractivity contribution in [3.05, 3.63) is 0 Å². The molecule has 0 unspecified atom stereocenters. The molecule has 0 amide bonds. The van der Waals surface area contributed by atoms with Gasteiger partial charge in [-0.15, -0.1) is 0 Å². The van der Waals surface area contributed by atoms with E-state index in [9.17, 15) is 0 Å². The van der Waals surface area contributed by atoms with E-state index in [0.29, 0.717) is 6.29 Å². The SMILES string of the molecule is C1CN2CCCN3CCCN(C1)C23. The first-order valence-corrected chi connectivity index (χ1v) is 5.67. The number of nitrogens with zero attached hydrogens (tertiary/aromatic N) is 3. The molecule has 3 aliphatic heterocycles. The van der Waals surface area contributed by atoms with Crippen LogP contribution in [0.4, 0.5) is 0 Å². The average Bonchev–Trinajstić information content (AvgIpc) is 2.19. The molecule has 0 aromatic heterocycles. The maximum Gasteiger partial charge on any atom is 0.119 e. The maximum absolute atomic E-state index is 2.67. The van der Waals surface area contributed by atoms with Gasteiger partial charge in [0.2, 0.25) is 0 Å². The third-order valence-corrected chi connectivity index (χ3v) is 3.65. The molecular weight excluding hydrogens is 162 g/mol. The van der Waals surface area contributed by atoms with Crippen molar-refractivity contribution in [1.29, 1.82) is 0 Å². The summed E-state index contributed by atoms with van der Waals surface area (Å²) >= 11 is 0. The number of rotatable bonds is 0. The fourth-order valence-electron chi connectivity index (χ4n) is 3.15. The van der Waals surface area contributed by atoms with Crippen molar-refractivity contribution >= 4 is 0 Å². The number of hydrogen-bond acceptors (Lipinski definition) is 3. The molecule has 3 fully saturated rings. The first-order valence-electron chi connectivity index (χ1n) is 5.67. The highest BCUT2D eigenvalue weighted by atomic mass is 15.5. The van der Waals surface area contributed by atoms with Crippen molar-refractivity contribution < 1.29 is 0 Å². The van der Waals surface area contributed by atoms with Gasteiger partial charge in [0.25, 0.3) is 0 Å². The molecule has 3 heterocycles. The lowest BCUT2D eigenvalue weighted by Crippen LogP contribution is -2.67. The van der Waals surface area contributed by atoms with Crippen LogP contribution in [0.2, 0.25) is 0 Å². The Balaban J connectivity index is 1.82. The van der Waals surface area contributed by atoms with Crippen molar-refractivity contribution in [2.75, 3.05) is 39.3 Å². The van der Waals surface area contributed by atoms with Gasteiger partial charge in [0.15, 0.2) is 0 Å². The van der Waals surface area contributed by atoms with Gasteiger partial charge < -0.3 is 0 Å². The fraction of sp³-hybridized carbons (Fsp3) is 1.00. The summed E-state index contributed by atoms with van der Waals surface area (Å²) in [5, 5.41) is 0. The van der Waals surface area contributed by atoms with Crippen LogP contribution in [0.3, 0.4) is 0 Å². The van der Waals surface area contributed by atoms with Crippen LogP contribution in [-0.4, -0.2) is 60.3 Å². The fourth-order valence-corrected chi connectivity index (χ4v) is 3.15. The van der Waals surface area contributed by atoms with Crippen molar-refractivity contribution in [3.8, 4) is 0 Å². The molecule has 0 aliphatic carbocycles. The standard InChI is InChI=1S/C10H19N3/c1-4-11-6-2-8-13-9-3-7-12(5-1)10(11)13/h10H,1-9H2. The highest BCUT2D eigenvalue weighted by molar-refractivity contribution is 4.86. The van der Waals surface area contributed by atoms with Crippen LogP contribution in [0.1, 0.15) is 19.3 Å². The molecular formula is C10H19N3. The number of hydrogen-bond donors (Lipinski definition) is 0. The Hall–Kier alpha value is -0.120. The van der Waals surface area contributed by atoms with Crippen LogP contribution < -0.4 is 0 Å². The zero-order chi connectivity index (χ0) is 8.67. The smallest absolute Gasteiger partial charge is 0.119 e. The molecule has 0 N–H and O–H groups in total. The van der Waals surface area contributed by atoms with Crippen molar-refractivity contribution in [1.82, 2.24) is 14.7 Å². The third kappa shape index (κ3) is 1.30. The van der Waals surface area contributed by atoms with Crippen molar-refractivity contribution in [2.45, 2.75) is 25.6 Å². The first kappa shape index (κ1) is 8.21. The normalized spacial score (nSPS) is 33.2. The molecule has 0 spiro atoms. The second-order valence-electron chi connectivity index (χ2n) is 4.51. The highest BCUT2D eigenvalue weighted by Crippen LogP contribution is 2.25. The highest BCUT2D eigenvalue weighted by Gasteiger charge is 2.38. The molecule has 3 heteroatoms. The van der Waals surface area contributed by atoms with E-state index < -0.39 is 0 Å². The molecule has 0 aromatic rings. The summed E-state index contributed by atoms with van der Waals surface area (Å²) in [7, 11) is 0. The summed E-state index contributed by atoms with van der Waals surface area (Å²) in [6.45, 7) is 7.99. The molecule has 0 atom stereocenters. The summed E-state index contributed by atoms with van der Waals surface area (Å²) in [5.74, 6) is 0. The monoisotopic (exact) mass is 181 g/mol. The summed E-state index contributed by atoms with van der Waals surface area (Å²) < 4.78 is 0. The van der Waals surface area contributed by atoms with E-state index >= 15 is 0 Å². The molecule has 3 aliphatic rings. The van der Waals surface area contributed by atoms with E-state index in [0.717, 1.165) is 0 Å². The largest absolute Gasteiger partial charge is 0.275 e. The van der Waals surface area contributed by atoms with Gasteiger partial charge in [-0.25, -0.2) is 0 Å². The summed E-state index contributed by atoms with van der Waals surface area (Å²) in [6.07, 6.45) is 4.83. The van der Waals surface area contributed by atoms with Crippen LogP contribution in [0.25, 0.3) is 0 Å². The Morgan fingerprint density at radius 3 is 1.15 bits per heavy atom. The van der Waals surface area contributed by atoms with Gasteiger partial charge in [-0.1, -0.05) is 0 Å². The minimum absolute atomic E-state index is 0.691. The van der Waals surface area contributed by atoms with E-state index in [1.165, 1.54) is 58.5 Å². The molecule has 0 radical (unpaired) electrons. The van der Waals surface area contributed by atoms with Gasteiger partial charge in [0, 0.05) is 39.3 Å². The summed E-state index contributed by atoms with van der Waals surface area (Å²) in [6, 6.07) is 0. The van der Waals surface area contributed by atoms with Gasteiger partial charge in [-0.05, 0) is 19.3 Å². The molecule has 74 valence electrons. The Morgan fingerprint density at radius 1 is 0.538 bits per heavy atom. The molecule has 0 bridgehead atoms. The predicted octanol–water partition coefficient (Wildman–Crippen LogP) is 0.387. The van der Waals surface area contributed by atoms with Gasteiger partial charge in [0.05, 0.1) is 0 Å². The molecule has 0 saturated carbocycles. The molecule has 3 nitrogen and oxygen atoms in total. The lowest BCUT2D eigenvalue weighted by atomic mass is 10.1. The van der Waals surface area contributed by atoms with Crippen LogP contribution in [0.15, 0.2) is 0 Å². The average molecular weight is 181 g/mol. The van der Waals surface area contributed by atoms with E-state index in [-0.39, 0.29) is 0 Å². The van der Waals surface area contributed by atoms with Gasteiger partial charge in [-0.2, -0.15) is 0 Å². The first-order chi connectivity index (χ1) is 6.45. The zero-order valence-electron chi connectivity index (χ0n) is 8.28. The Morgan fingerprint density at radius 2 is 0.846 bits per heavy atom. The summed E-state index contributed by atoms with van der Waals surface area (Å²) in [5.41, 5.74) is 0. The predicted molar refractivity (Wildman–Crippen MR) is 52.4 cm³/mol. The van der Waals surface area contributed by atoms with Crippen molar-refractivity contribution in [3.63, 3.8) is 0 Å². The Labute approximate surface area is 80.3 Å². The van der Waals surface area contributed by atoms with Gasteiger partial charge in [0.1, 0.15) is 6.29 Å². The zero-order valence-corrected chi connectivity index (χ0v) is 8.28. The maximum atomic E-state index is 2.67. The van der Waals surface area contributed by atoms with Crippen LogP contribution >= 0.6 is 0 Å². The van der Waals surface area contributed by atoms with Crippen LogP contribution in [0, 0.1) is 0 Å². The molecule has 0 aromatic carbocycles. The van der Waals surface area contributed by atoms with E-state index in [1.54, 1.807) is 0 Å². The Kier molecular flexibility index (Phi) is 2.04. The van der Waals surface area contributed by atoms with Gasteiger partial charge in [-0.3, -0.25) is 14.7 Å². The van der Waals surface area contributed by atoms with Gasteiger partial charge >= 0.3 is 0 Å². The quantitative estimate of drug-likeness (QED) is 0.535. The minimum atomic E-state index is 0.691. The lowest BCUT2D eigenvalue weighted by Gasteiger charge is -2.54. The molecule has 3 rings (SSSR count). The second-order valence-corrected chi connectivity index (χ2v) is 4.51. The van der Waals surface area contributed by atoms with E-state index in [2.05, 4.69) is 14.7 Å².